The maximum absolute atomic E-state index is 12.5. The number of amides is 2. The molecule has 22 heavy (non-hydrogen) atoms. The van der Waals surface area contributed by atoms with Crippen LogP contribution in [0.15, 0.2) is 46.9 Å². The van der Waals surface area contributed by atoms with Crippen LogP contribution in [0, 0.1) is 6.92 Å². The number of carbonyl (C=O) groups is 1. The second-order valence-electron chi connectivity index (χ2n) is 6.53. The lowest BCUT2D eigenvalue weighted by Crippen LogP contribution is -2.47. The number of aryl methyl sites for hydroxylation is 1. The Kier molecular flexibility index (Phi) is 4.91. The average Bonchev–Trinajstić information content (AvgIpc) is 2.83. The highest BCUT2D eigenvalue weighted by Crippen LogP contribution is 2.14. The molecule has 0 bridgehead atoms. The zero-order chi connectivity index (χ0) is 16.2. The Morgan fingerprint density at radius 3 is 2.32 bits per heavy atom. The second-order valence-corrected chi connectivity index (χ2v) is 6.53. The van der Waals surface area contributed by atoms with Crippen molar-refractivity contribution in [3.05, 3.63) is 59.5 Å². The molecule has 0 unspecified atom stereocenters. The minimum Gasteiger partial charge on any atom is -0.464 e. The Morgan fingerprint density at radius 1 is 1.09 bits per heavy atom. The van der Waals surface area contributed by atoms with Gasteiger partial charge in [0.15, 0.2) is 0 Å². The first-order valence-electron chi connectivity index (χ1n) is 7.50. The molecular weight excluding hydrogens is 276 g/mol. The molecule has 0 saturated heterocycles. The van der Waals surface area contributed by atoms with Crippen molar-refractivity contribution in [3.8, 4) is 0 Å². The summed E-state index contributed by atoms with van der Waals surface area (Å²) in [6.07, 6.45) is 0. The fourth-order valence-corrected chi connectivity index (χ4v) is 2.16. The lowest BCUT2D eigenvalue weighted by molar-refractivity contribution is 0.178. The van der Waals surface area contributed by atoms with Crippen LogP contribution < -0.4 is 5.32 Å². The van der Waals surface area contributed by atoms with E-state index in [-0.39, 0.29) is 11.6 Å². The van der Waals surface area contributed by atoms with E-state index in [0.29, 0.717) is 13.1 Å². The van der Waals surface area contributed by atoms with Gasteiger partial charge in [-0.25, -0.2) is 4.79 Å². The summed E-state index contributed by atoms with van der Waals surface area (Å²) in [5, 5.41) is 3.01. The Balaban J connectivity index is 2.14. The summed E-state index contributed by atoms with van der Waals surface area (Å²) >= 11 is 0. The van der Waals surface area contributed by atoms with Gasteiger partial charge >= 0.3 is 6.03 Å². The van der Waals surface area contributed by atoms with Crippen molar-refractivity contribution in [3.63, 3.8) is 0 Å². The van der Waals surface area contributed by atoms with Crippen LogP contribution in [0.5, 0.6) is 0 Å². The molecule has 1 N–H and O–H groups in total. The molecule has 4 heteroatoms. The molecule has 1 aromatic heterocycles. The van der Waals surface area contributed by atoms with E-state index in [2.05, 4.69) is 5.32 Å². The highest BCUT2D eigenvalue weighted by Gasteiger charge is 2.21. The van der Waals surface area contributed by atoms with Gasteiger partial charge in [0, 0.05) is 12.1 Å². The predicted octanol–water partition coefficient (Wildman–Crippen LogP) is 4.10. The number of nitrogens with zero attached hydrogens (tertiary/aromatic N) is 1. The molecule has 0 fully saturated rings. The zero-order valence-corrected chi connectivity index (χ0v) is 13.7. The number of urea groups is 1. The summed E-state index contributed by atoms with van der Waals surface area (Å²) in [6.45, 7) is 8.82. The van der Waals surface area contributed by atoms with Gasteiger partial charge in [-0.2, -0.15) is 0 Å². The SMILES string of the molecule is Cc1ccc(CN(Cc2ccccc2)C(=O)NC(C)(C)C)o1. The fourth-order valence-electron chi connectivity index (χ4n) is 2.16. The zero-order valence-electron chi connectivity index (χ0n) is 13.7. The van der Waals surface area contributed by atoms with Crippen molar-refractivity contribution in [1.29, 1.82) is 0 Å². The van der Waals surface area contributed by atoms with E-state index in [4.69, 9.17) is 4.42 Å². The highest BCUT2D eigenvalue weighted by molar-refractivity contribution is 5.74. The largest absolute Gasteiger partial charge is 0.464 e. The summed E-state index contributed by atoms with van der Waals surface area (Å²) in [6, 6.07) is 13.7. The monoisotopic (exact) mass is 300 g/mol. The molecular formula is C18H24N2O2. The minimum atomic E-state index is -0.273. The second kappa shape index (κ2) is 6.69. The predicted molar refractivity (Wildman–Crippen MR) is 87.4 cm³/mol. The first-order valence-corrected chi connectivity index (χ1v) is 7.50. The molecule has 0 atom stereocenters. The molecule has 118 valence electrons. The third kappa shape index (κ3) is 4.95. The molecule has 0 aliphatic carbocycles. The van der Waals surface area contributed by atoms with Crippen molar-refractivity contribution in [2.45, 2.75) is 46.3 Å². The quantitative estimate of drug-likeness (QED) is 0.924. The lowest BCUT2D eigenvalue weighted by Gasteiger charge is -2.28. The van der Waals surface area contributed by atoms with E-state index >= 15 is 0 Å². The number of rotatable bonds is 4. The number of hydrogen-bond acceptors (Lipinski definition) is 2. The Hall–Kier alpha value is -2.23. The lowest BCUT2D eigenvalue weighted by atomic mass is 10.1. The van der Waals surface area contributed by atoms with Gasteiger partial charge in [0.2, 0.25) is 0 Å². The summed E-state index contributed by atoms with van der Waals surface area (Å²) in [5.74, 6) is 1.64. The van der Waals surface area contributed by atoms with Gasteiger partial charge in [-0.1, -0.05) is 30.3 Å². The van der Waals surface area contributed by atoms with Gasteiger partial charge in [0.25, 0.3) is 0 Å². The minimum absolute atomic E-state index is 0.0922. The summed E-state index contributed by atoms with van der Waals surface area (Å²) in [5.41, 5.74) is 0.820. The van der Waals surface area contributed by atoms with Gasteiger partial charge in [-0.15, -0.1) is 0 Å². The molecule has 0 radical (unpaired) electrons. The van der Waals surface area contributed by atoms with Crippen LogP contribution >= 0.6 is 0 Å². The maximum atomic E-state index is 12.5. The Labute approximate surface area is 132 Å². The van der Waals surface area contributed by atoms with Crippen LogP contribution in [0.2, 0.25) is 0 Å². The molecule has 1 heterocycles. The van der Waals surface area contributed by atoms with E-state index in [1.165, 1.54) is 0 Å². The number of carbonyl (C=O) groups excluding carboxylic acids is 1. The van der Waals surface area contributed by atoms with Crippen LogP contribution in [-0.2, 0) is 13.1 Å². The number of nitrogens with one attached hydrogen (secondary N) is 1. The highest BCUT2D eigenvalue weighted by atomic mass is 16.3. The van der Waals surface area contributed by atoms with Crippen LogP contribution in [0.4, 0.5) is 4.79 Å². The van der Waals surface area contributed by atoms with Gasteiger partial charge in [0.05, 0.1) is 6.54 Å². The molecule has 2 rings (SSSR count). The van der Waals surface area contributed by atoms with Crippen molar-refractivity contribution >= 4 is 6.03 Å². The molecule has 0 aliphatic rings. The number of furan rings is 1. The van der Waals surface area contributed by atoms with Crippen molar-refractivity contribution in [1.82, 2.24) is 10.2 Å². The molecule has 2 amide bonds. The van der Waals surface area contributed by atoms with Crippen LogP contribution in [-0.4, -0.2) is 16.5 Å². The van der Waals surface area contributed by atoms with Crippen LogP contribution in [0.1, 0.15) is 37.9 Å². The molecule has 0 saturated carbocycles. The van der Waals surface area contributed by atoms with Crippen LogP contribution in [0.25, 0.3) is 0 Å². The first kappa shape index (κ1) is 16.1. The van der Waals surface area contributed by atoms with E-state index in [0.717, 1.165) is 17.1 Å². The van der Waals surface area contributed by atoms with Gasteiger partial charge in [0.1, 0.15) is 11.5 Å². The van der Waals surface area contributed by atoms with E-state index in [9.17, 15) is 4.79 Å². The van der Waals surface area contributed by atoms with E-state index < -0.39 is 0 Å². The topological polar surface area (TPSA) is 45.5 Å². The van der Waals surface area contributed by atoms with Gasteiger partial charge < -0.3 is 14.6 Å². The fraction of sp³-hybridized carbons (Fsp3) is 0.389. The summed E-state index contributed by atoms with van der Waals surface area (Å²) in [7, 11) is 0. The Bertz CT molecular complexity index is 612. The van der Waals surface area contributed by atoms with E-state index in [1.54, 1.807) is 4.90 Å². The Morgan fingerprint density at radius 2 is 1.77 bits per heavy atom. The van der Waals surface area contributed by atoms with E-state index in [1.807, 2.05) is 70.2 Å². The molecule has 2 aromatic rings. The third-order valence-electron chi connectivity index (χ3n) is 3.13. The van der Waals surface area contributed by atoms with Crippen molar-refractivity contribution in [2.75, 3.05) is 0 Å². The number of hydrogen-bond donors (Lipinski definition) is 1. The molecule has 1 aromatic carbocycles. The first-order chi connectivity index (χ1) is 10.3. The normalized spacial score (nSPS) is 11.3. The maximum Gasteiger partial charge on any atom is 0.318 e. The molecule has 0 aliphatic heterocycles. The molecule has 0 spiro atoms. The smallest absolute Gasteiger partial charge is 0.318 e. The third-order valence-corrected chi connectivity index (χ3v) is 3.13. The summed E-state index contributed by atoms with van der Waals surface area (Å²) in [4.78, 5) is 14.3. The van der Waals surface area contributed by atoms with Gasteiger partial charge in [-0.05, 0) is 45.4 Å². The van der Waals surface area contributed by atoms with Gasteiger partial charge in [-0.3, -0.25) is 0 Å². The standard InChI is InChI=1S/C18H24N2O2/c1-14-10-11-16(22-14)13-20(17(21)19-18(2,3)4)12-15-8-6-5-7-9-15/h5-11H,12-13H2,1-4H3,(H,19,21). The van der Waals surface area contributed by atoms with Crippen LogP contribution in [0.3, 0.4) is 0 Å². The van der Waals surface area contributed by atoms with Crippen molar-refractivity contribution < 1.29 is 9.21 Å². The number of benzene rings is 1. The summed E-state index contributed by atoms with van der Waals surface area (Å²) < 4.78 is 5.61. The molecule has 4 nitrogen and oxygen atoms in total. The average molecular weight is 300 g/mol. The van der Waals surface area contributed by atoms with Crippen molar-refractivity contribution in [2.24, 2.45) is 0 Å².